The highest BCUT2D eigenvalue weighted by molar-refractivity contribution is 7.92. The Bertz CT molecular complexity index is 3110. The summed E-state index contributed by atoms with van der Waals surface area (Å²) < 4.78 is 162. The van der Waals surface area contributed by atoms with Crippen molar-refractivity contribution in [3.63, 3.8) is 0 Å². The second kappa shape index (κ2) is 15.5. The minimum Gasteiger partial charge on any atom is -0.477 e. The molecule has 4 aromatic heterocycles. The van der Waals surface area contributed by atoms with E-state index in [1.807, 2.05) is 0 Å². The molecule has 25 heteroatoms. The largest absolute Gasteiger partial charge is 0.477 e. The molecular formula is C38H27ClF9N9O5S. The van der Waals surface area contributed by atoms with E-state index in [2.05, 4.69) is 42.0 Å². The zero-order chi connectivity index (χ0) is 45.5. The van der Waals surface area contributed by atoms with Crippen LogP contribution in [0.15, 0.2) is 47.3 Å². The molecule has 0 saturated carbocycles. The molecule has 330 valence electrons. The molecule has 0 aliphatic heterocycles. The van der Waals surface area contributed by atoms with Crippen LogP contribution in [0.3, 0.4) is 0 Å². The first-order valence-electron chi connectivity index (χ1n) is 18.3. The molecule has 0 fully saturated rings. The molecule has 0 saturated heterocycles. The van der Waals surface area contributed by atoms with Crippen LogP contribution in [-0.2, 0) is 40.8 Å². The van der Waals surface area contributed by atoms with Crippen LogP contribution < -0.4 is 20.3 Å². The lowest BCUT2D eigenvalue weighted by atomic mass is 9.84. The van der Waals surface area contributed by atoms with E-state index in [1.54, 1.807) is 0 Å². The van der Waals surface area contributed by atoms with Gasteiger partial charge in [0.15, 0.2) is 11.5 Å². The van der Waals surface area contributed by atoms with Crippen LogP contribution in [0, 0.1) is 29.4 Å². The summed E-state index contributed by atoms with van der Waals surface area (Å²) in [7, 11) is -2.62. The number of hydrogen-bond donors (Lipinski definition) is 2. The number of carbonyl (C=O) groups excluding carboxylic acids is 1. The number of aryl methyl sites for hydroxylation is 1. The fourth-order valence-electron chi connectivity index (χ4n) is 7.58. The van der Waals surface area contributed by atoms with Gasteiger partial charge >= 0.3 is 12.1 Å². The minimum absolute atomic E-state index is 0.0224. The number of amides is 1. The van der Waals surface area contributed by atoms with Crippen LogP contribution in [0.5, 0.6) is 5.88 Å². The zero-order valence-electron chi connectivity index (χ0n) is 32.0. The summed E-state index contributed by atoms with van der Waals surface area (Å²) in [6.07, 6.45) is -9.11. The van der Waals surface area contributed by atoms with Gasteiger partial charge in [0.2, 0.25) is 21.8 Å². The van der Waals surface area contributed by atoms with Gasteiger partial charge in [0.1, 0.15) is 41.3 Å². The maximum atomic E-state index is 15.6. The average Bonchev–Trinajstić information content (AvgIpc) is 3.71. The fourth-order valence-corrected chi connectivity index (χ4v) is 8.32. The molecule has 3 atom stereocenters. The molecule has 14 nitrogen and oxygen atoms in total. The Morgan fingerprint density at radius 3 is 2.40 bits per heavy atom. The number of fused-ring (bicyclic) bond motifs is 5. The molecule has 8 rings (SSSR count). The number of sulfonamides is 1. The van der Waals surface area contributed by atoms with Gasteiger partial charge in [-0.2, -0.15) is 37.1 Å². The Kier molecular flexibility index (Phi) is 10.6. The third-order valence-corrected chi connectivity index (χ3v) is 11.0. The molecule has 63 heavy (non-hydrogen) atoms. The highest BCUT2D eigenvalue weighted by Gasteiger charge is 2.60. The van der Waals surface area contributed by atoms with Crippen molar-refractivity contribution < 1.29 is 57.5 Å². The molecule has 2 N–H and O–H groups in total. The van der Waals surface area contributed by atoms with E-state index in [0.29, 0.717) is 10.7 Å². The van der Waals surface area contributed by atoms with Gasteiger partial charge in [-0.3, -0.25) is 28.2 Å². The third-order valence-electron chi connectivity index (χ3n) is 10.1. The first kappa shape index (κ1) is 43.3. The van der Waals surface area contributed by atoms with Crippen molar-refractivity contribution in [3.8, 4) is 23.4 Å². The Morgan fingerprint density at radius 1 is 1.05 bits per heavy atom. The Hall–Kier alpha value is -6.35. The first-order chi connectivity index (χ1) is 29.5. The smallest absolute Gasteiger partial charge is 0.392 e. The maximum Gasteiger partial charge on any atom is 0.392 e. The lowest BCUT2D eigenvalue weighted by Crippen LogP contribution is -2.38. The molecule has 6 aromatic rings. The number of pyridine rings is 1. The second-order valence-electron chi connectivity index (χ2n) is 14.6. The number of hydrogen-bond acceptors (Lipinski definition) is 9. The molecule has 2 aromatic carbocycles. The van der Waals surface area contributed by atoms with E-state index in [1.165, 1.54) is 19.2 Å². The van der Waals surface area contributed by atoms with Gasteiger partial charge in [-0.15, -0.1) is 0 Å². The lowest BCUT2D eigenvalue weighted by Gasteiger charge is -2.25. The minimum atomic E-state index is -4.61. The van der Waals surface area contributed by atoms with Crippen molar-refractivity contribution in [1.82, 2.24) is 39.4 Å². The third kappa shape index (κ3) is 8.10. The number of nitrogens with zero attached hydrogens (tertiary/aromatic N) is 7. The van der Waals surface area contributed by atoms with Crippen LogP contribution in [0.25, 0.3) is 27.6 Å². The maximum absolute atomic E-state index is 15.6. The van der Waals surface area contributed by atoms with Gasteiger partial charge in [0.05, 0.1) is 58.2 Å². The number of benzene rings is 2. The van der Waals surface area contributed by atoms with Crippen molar-refractivity contribution in [3.05, 3.63) is 97.8 Å². The normalized spacial score (nSPS) is 17.0. The topological polar surface area (TPSA) is 168 Å². The predicted molar refractivity (Wildman–Crippen MR) is 205 cm³/mol. The van der Waals surface area contributed by atoms with Gasteiger partial charge in [0.25, 0.3) is 12.0 Å². The van der Waals surface area contributed by atoms with E-state index in [-0.39, 0.29) is 38.4 Å². The predicted octanol–water partition coefficient (Wildman–Crippen LogP) is 6.36. The van der Waals surface area contributed by atoms with E-state index in [4.69, 9.17) is 16.3 Å². The molecule has 1 amide bonds. The molecule has 0 spiro atoms. The highest BCUT2D eigenvalue weighted by Crippen LogP contribution is 2.57. The quantitative estimate of drug-likeness (QED) is 0.0990. The standard InChI is InChI=1S/C38H27ClF9N9O5S/c1-55-30-24(7-6-22(39)28(30)34(53-55)54-63(2,60)61)57-35(51-33-20(36(57)59)4-8-26(50-33)62-10-9-37(44,45)46)23(13-16-11-17(40)14-18(41)12-16)49-25(58)15-56-31-27(29(52-56)32(42)43)19-3-5-21(19)38(31,47)48/h4,6-8,11-12,14,19,21,23,32H,9-10,13,15H2,1-2H3,(H,49,58)(H,53,54)/t19-,21+,23-/m0/s1. The molecule has 0 unspecified atom stereocenters. The summed E-state index contributed by atoms with van der Waals surface area (Å²) in [5.41, 5.74) is -4.31. The summed E-state index contributed by atoms with van der Waals surface area (Å²) in [5.74, 6) is -6.59. The number of anilines is 1. The van der Waals surface area contributed by atoms with E-state index in [9.17, 15) is 48.7 Å². The van der Waals surface area contributed by atoms with Crippen molar-refractivity contribution in [2.24, 2.45) is 13.0 Å². The van der Waals surface area contributed by atoms with Gasteiger partial charge in [0, 0.05) is 31.2 Å². The van der Waals surface area contributed by atoms with Crippen LogP contribution in [-0.4, -0.2) is 67.5 Å². The number of aromatic nitrogens is 7. The van der Waals surface area contributed by atoms with E-state index >= 15 is 8.78 Å². The van der Waals surface area contributed by atoms with Crippen molar-refractivity contribution in [2.75, 3.05) is 17.6 Å². The summed E-state index contributed by atoms with van der Waals surface area (Å²) in [6.45, 7) is -2.03. The van der Waals surface area contributed by atoms with Crippen LogP contribution >= 0.6 is 11.6 Å². The Labute approximate surface area is 353 Å². The Balaban J connectivity index is 1.32. The lowest BCUT2D eigenvalue weighted by molar-refractivity contribution is -0.139. The van der Waals surface area contributed by atoms with Gasteiger partial charge in [-0.05, 0) is 35.9 Å². The van der Waals surface area contributed by atoms with Crippen molar-refractivity contribution >= 4 is 55.3 Å². The number of nitrogens with one attached hydrogen (secondary N) is 2. The monoisotopic (exact) mass is 927 g/mol. The van der Waals surface area contributed by atoms with Crippen LogP contribution in [0.1, 0.15) is 53.1 Å². The summed E-state index contributed by atoms with van der Waals surface area (Å²) in [4.78, 5) is 37.4. The fraction of sp³-hybridized carbons (Fsp3) is 0.316. The number of rotatable bonds is 13. The summed E-state index contributed by atoms with van der Waals surface area (Å²) >= 11 is 6.54. The second-order valence-corrected chi connectivity index (χ2v) is 16.7. The van der Waals surface area contributed by atoms with E-state index < -0.39 is 130 Å². The van der Waals surface area contributed by atoms with Crippen molar-refractivity contribution in [1.29, 1.82) is 0 Å². The van der Waals surface area contributed by atoms with Gasteiger partial charge in [-0.25, -0.2) is 31.0 Å². The molecule has 0 radical (unpaired) electrons. The Morgan fingerprint density at radius 2 is 1.76 bits per heavy atom. The zero-order valence-corrected chi connectivity index (χ0v) is 33.6. The highest BCUT2D eigenvalue weighted by atomic mass is 35.5. The van der Waals surface area contributed by atoms with Crippen LogP contribution in [0.4, 0.5) is 45.3 Å². The molecule has 2 aliphatic rings. The summed E-state index contributed by atoms with van der Waals surface area (Å²) in [6, 6.07) is 5.30. The van der Waals surface area contributed by atoms with Crippen LogP contribution in [0.2, 0.25) is 5.02 Å². The van der Waals surface area contributed by atoms with Gasteiger partial charge in [-0.1, -0.05) is 23.4 Å². The summed E-state index contributed by atoms with van der Waals surface area (Å²) in [5, 5.41) is 9.94. The average molecular weight is 928 g/mol. The first-order valence-corrected chi connectivity index (χ1v) is 20.6. The van der Waals surface area contributed by atoms with Gasteiger partial charge < -0.3 is 10.1 Å². The number of alkyl halides is 7. The SMILES string of the molecule is Cn1nc(NS(C)(=O)=O)c2c(Cl)ccc(-n3c([C@H](Cc4cc(F)cc(F)c4)NC(=O)Cn4nc(C(F)F)c5c4C(F)(F)[C@@H]4C#C[C@H]54)nc4nc(OCCC(F)(F)F)ccc4c3=O)c21. The molecule has 4 heterocycles. The molecule has 0 bridgehead atoms. The van der Waals surface area contributed by atoms with Crippen molar-refractivity contribution in [2.45, 2.75) is 49.9 Å². The molecular weight excluding hydrogens is 901 g/mol. The number of carbonyl (C=O) groups is 1. The number of halogens is 10. The molecule has 2 aliphatic carbocycles. The number of ether oxygens (including phenoxy) is 1. The van der Waals surface area contributed by atoms with E-state index in [0.717, 1.165) is 39.8 Å².